The van der Waals surface area contributed by atoms with E-state index in [1.807, 2.05) is 0 Å². The van der Waals surface area contributed by atoms with Crippen molar-refractivity contribution < 1.29 is 4.74 Å². The predicted octanol–water partition coefficient (Wildman–Crippen LogP) is 1.81. The van der Waals surface area contributed by atoms with Gasteiger partial charge in [-0.3, -0.25) is 4.98 Å². The number of methoxy groups -OCH3 is 1. The minimum absolute atomic E-state index is 0.685. The lowest BCUT2D eigenvalue weighted by molar-refractivity contribution is 0.210. The highest BCUT2D eigenvalue weighted by molar-refractivity contribution is 5.39. The van der Waals surface area contributed by atoms with Gasteiger partial charge in [0, 0.05) is 26.0 Å². The molecule has 1 atom stereocenters. The molecular weight excluding hydrogens is 252 g/mol. The summed E-state index contributed by atoms with van der Waals surface area (Å²) in [5.74, 6) is 1.64. The van der Waals surface area contributed by atoms with E-state index < -0.39 is 0 Å². The fourth-order valence-corrected chi connectivity index (χ4v) is 2.72. The molecule has 1 unspecified atom stereocenters. The number of rotatable bonds is 6. The summed E-state index contributed by atoms with van der Waals surface area (Å²) >= 11 is 0. The highest BCUT2D eigenvalue weighted by atomic mass is 16.5. The Labute approximate surface area is 121 Å². The molecule has 0 bridgehead atoms. The summed E-state index contributed by atoms with van der Waals surface area (Å²) in [7, 11) is 3.92. The van der Waals surface area contributed by atoms with Gasteiger partial charge < -0.3 is 15.0 Å². The zero-order chi connectivity index (χ0) is 14.2. The maximum absolute atomic E-state index is 5.07. The normalized spacial score (nSPS) is 20.6. The lowest BCUT2D eigenvalue weighted by Gasteiger charge is -2.16. The number of hydrogen-bond acceptors (Lipinski definition) is 5. The van der Waals surface area contributed by atoms with Crippen LogP contribution in [0.3, 0.4) is 0 Å². The van der Waals surface area contributed by atoms with Crippen LogP contribution in [0.4, 0.5) is 5.82 Å². The van der Waals surface area contributed by atoms with E-state index >= 15 is 0 Å². The molecule has 0 amide bonds. The number of nitrogens with zero attached hydrogens (tertiary/aromatic N) is 3. The van der Waals surface area contributed by atoms with E-state index in [0.717, 1.165) is 30.4 Å². The minimum atomic E-state index is 0.685. The Morgan fingerprint density at radius 3 is 3.00 bits per heavy atom. The Morgan fingerprint density at radius 1 is 1.30 bits per heavy atom. The SMILES string of the molecule is COCCNc1nccnc1CC1CCCN(C)CC1. The van der Waals surface area contributed by atoms with E-state index in [2.05, 4.69) is 27.2 Å². The van der Waals surface area contributed by atoms with E-state index in [0.29, 0.717) is 6.61 Å². The van der Waals surface area contributed by atoms with Gasteiger partial charge in [0.1, 0.15) is 5.82 Å². The molecule has 1 saturated heterocycles. The number of likely N-dealkylation sites (tertiary alicyclic amines) is 1. The van der Waals surface area contributed by atoms with Crippen molar-refractivity contribution in [3.05, 3.63) is 18.1 Å². The van der Waals surface area contributed by atoms with Gasteiger partial charge in [0.15, 0.2) is 0 Å². The van der Waals surface area contributed by atoms with Crippen LogP contribution in [0.1, 0.15) is 25.0 Å². The zero-order valence-corrected chi connectivity index (χ0v) is 12.6. The van der Waals surface area contributed by atoms with Crippen molar-refractivity contribution in [1.82, 2.24) is 14.9 Å². The van der Waals surface area contributed by atoms with Gasteiger partial charge in [0.2, 0.25) is 0 Å². The molecule has 0 radical (unpaired) electrons. The van der Waals surface area contributed by atoms with Crippen LogP contribution in [0.25, 0.3) is 0 Å². The number of ether oxygens (including phenoxy) is 1. The molecule has 1 aromatic rings. The van der Waals surface area contributed by atoms with Crippen LogP contribution in [0.5, 0.6) is 0 Å². The summed E-state index contributed by atoms with van der Waals surface area (Å²) in [4.78, 5) is 11.4. The van der Waals surface area contributed by atoms with E-state index in [9.17, 15) is 0 Å². The third-order valence-corrected chi connectivity index (χ3v) is 3.93. The van der Waals surface area contributed by atoms with Crippen LogP contribution >= 0.6 is 0 Å². The molecule has 1 aliphatic heterocycles. The average molecular weight is 278 g/mol. The summed E-state index contributed by atoms with van der Waals surface area (Å²) in [5, 5.41) is 3.32. The van der Waals surface area contributed by atoms with E-state index in [4.69, 9.17) is 4.74 Å². The standard InChI is InChI=1S/C15H26N4O/c1-19-9-3-4-13(5-10-19)12-14-15(17-7-6-16-14)18-8-11-20-2/h6-7,13H,3-5,8-12H2,1-2H3,(H,17,18). The Morgan fingerprint density at radius 2 is 2.15 bits per heavy atom. The second-order valence-corrected chi connectivity index (χ2v) is 5.58. The quantitative estimate of drug-likeness (QED) is 0.804. The van der Waals surface area contributed by atoms with Crippen molar-refractivity contribution >= 4 is 5.82 Å². The largest absolute Gasteiger partial charge is 0.383 e. The summed E-state index contributed by atoms with van der Waals surface area (Å²) in [5.41, 5.74) is 1.10. The van der Waals surface area contributed by atoms with E-state index in [-0.39, 0.29) is 0 Å². The first-order chi connectivity index (χ1) is 9.79. The molecule has 2 heterocycles. The predicted molar refractivity (Wildman–Crippen MR) is 80.9 cm³/mol. The first kappa shape index (κ1) is 15.2. The van der Waals surface area contributed by atoms with Gasteiger partial charge in [-0.05, 0) is 51.7 Å². The molecule has 0 aromatic carbocycles. The van der Waals surface area contributed by atoms with Gasteiger partial charge in [-0.15, -0.1) is 0 Å². The maximum atomic E-state index is 5.07. The van der Waals surface area contributed by atoms with Crippen molar-refractivity contribution in [1.29, 1.82) is 0 Å². The Balaban J connectivity index is 1.93. The van der Waals surface area contributed by atoms with Gasteiger partial charge in [0.25, 0.3) is 0 Å². The zero-order valence-electron chi connectivity index (χ0n) is 12.6. The average Bonchev–Trinajstić information content (AvgIpc) is 2.66. The molecule has 5 nitrogen and oxygen atoms in total. The van der Waals surface area contributed by atoms with Gasteiger partial charge in [-0.2, -0.15) is 0 Å². The van der Waals surface area contributed by atoms with Crippen LogP contribution in [0, 0.1) is 5.92 Å². The lowest BCUT2D eigenvalue weighted by atomic mass is 9.95. The second-order valence-electron chi connectivity index (χ2n) is 5.58. The van der Waals surface area contributed by atoms with Crippen LogP contribution in [-0.4, -0.2) is 55.3 Å². The molecule has 0 aliphatic carbocycles. The molecule has 5 heteroatoms. The van der Waals surface area contributed by atoms with Crippen LogP contribution in [-0.2, 0) is 11.2 Å². The van der Waals surface area contributed by atoms with Crippen LogP contribution in [0.15, 0.2) is 12.4 Å². The minimum Gasteiger partial charge on any atom is -0.383 e. The van der Waals surface area contributed by atoms with Crippen molar-refractivity contribution in [3.63, 3.8) is 0 Å². The summed E-state index contributed by atoms with van der Waals surface area (Å²) in [6.07, 6.45) is 8.40. The van der Waals surface area contributed by atoms with Gasteiger partial charge in [-0.25, -0.2) is 4.98 Å². The third-order valence-electron chi connectivity index (χ3n) is 3.93. The fourth-order valence-electron chi connectivity index (χ4n) is 2.72. The Kier molecular flexibility index (Phi) is 6.21. The maximum Gasteiger partial charge on any atom is 0.147 e. The third kappa shape index (κ3) is 4.72. The highest BCUT2D eigenvalue weighted by Gasteiger charge is 2.17. The first-order valence-corrected chi connectivity index (χ1v) is 7.51. The van der Waals surface area contributed by atoms with Crippen LogP contribution < -0.4 is 5.32 Å². The fraction of sp³-hybridized carbons (Fsp3) is 0.733. The van der Waals surface area contributed by atoms with Gasteiger partial charge >= 0.3 is 0 Å². The number of anilines is 1. The number of nitrogens with one attached hydrogen (secondary N) is 1. The molecule has 0 saturated carbocycles. The van der Waals surface area contributed by atoms with E-state index in [1.54, 1.807) is 19.5 Å². The summed E-state index contributed by atoms with van der Waals surface area (Å²) in [6, 6.07) is 0. The van der Waals surface area contributed by atoms with Crippen LogP contribution in [0.2, 0.25) is 0 Å². The van der Waals surface area contributed by atoms with Gasteiger partial charge in [0.05, 0.1) is 12.3 Å². The first-order valence-electron chi connectivity index (χ1n) is 7.51. The topological polar surface area (TPSA) is 50.3 Å². The Bertz CT molecular complexity index is 399. The number of hydrogen-bond donors (Lipinski definition) is 1. The Hall–Kier alpha value is -1.20. The molecule has 112 valence electrons. The summed E-state index contributed by atoms with van der Waals surface area (Å²) < 4.78 is 5.07. The van der Waals surface area contributed by atoms with Crippen molar-refractivity contribution in [2.45, 2.75) is 25.7 Å². The molecule has 1 aromatic heterocycles. The molecule has 20 heavy (non-hydrogen) atoms. The van der Waals surface area contributed by atoms with Gasteiger partial charge in [-0.1, -0.05) is 0 Å². The summed E-state index contributed by atoms with van der Waals surface area (Å²) in [6.45, 7) is 3.87. The molecule has 1 fully saturated rings. The van der Waals surface area contributed by atoms with E-state index in [1.165, 1.54) is 32.4 Å². The molecule has 1 aliphatic rings. The smallest absolute Gasteiger partial charge is 0.147 e. The number of aromatic nitrogens is 2. The molecular formula is C15H26N4O. The van der Waals surface area contributed by atoms with Crippen molar-refractivity contribution in [2.24, 2.45) is 5.92 Å². The lowest BCUT2D eigenvalue weighted by Crippen LogP contribution is -2.19. The van der Waals surface area contributed by atoms with Crippen molar-refractivity contribution in [3.8, 4) is 0 Å². The molecule has 1 N–H and O–H groups in total. The molecule has 0 spiro atoms. The second kappa shape index (κ2) is 8.17. The molecule has 2 rings (SSSR count). The highest BCUT2D eigenvalue weighted by Crippen LogP contribution is 2.22. The monoisotopic (exact) mass is 278 g/mol. The van der Waals surface area contributed by atoms with Crippen molar-refractivity contribution in [2.75, 3.05) is 45.7 Å².